The second kappa shape index (κ2) is 13.4. The molecule has 4 rings (SSSR count). The number of amides is 4. The van der Waals surface area contributed by atoms with Crippen molar-refractivity contribution in [1.29, 1.82) is 0 Å². The third-order valence-corrected chi connectivity index (χ3v) is 6.95. The fourth-order valence-electron chi connectivity index (χ4n) is 4.72. The number of nitro benzene ring substituents is 1. The highest BCUT2D eigenvalue weighted by atomic mass is 16.6. The Hall–Kier alpha value is -5.26. The van der Waals surface area contributed by atoms with Crippen LogP contribution in [0.5, 0.6) is 5.75 Å². The molecule has 218 valence electrons. The summed E-state index contributed by atoms with van der Waals surface area (Å²) in [5, 5.41) is 28.7. The summed E-state index contributed by atoms with van der Waals surface area (Å²) in [5.74, 6) is -1.87. The minimum Gasteiger partial charge on any atom is -0.508 e. The normalized spacial score (nSPS) is 15.7. The fraction of sp³-hybridized carbons (Fsp3) is 0.267. The molecule has 0 unspecified atom stereocenters. The molecule has 12 heteroatoms. The number of carbonyl (C=O) groups excluding carboxylic acids is 4. The van der Waals surface area contributed by atoms with E-state index in [2.05, 4.69) is 16.0 Å². The predicted octanol–water partition coefficient (Wildman–Crippen LogP) is 2.78. The minimum atomic E-state index is -1.06. The molecule has 4 amide bonds. The quantitative estimate of drug-likeness (QED) is 0.213. The number of nitrogens with one attached hydrogen (secondary N) is 3. The largest absolute Gasteiger partial charge is 0.508 e. The second-order valence-electron chi connectivity index (χ2n) is 9.98. The van der Waals surface area contributed by atoms with Crippen molar-refractivity contribution in [3.63, 3.8) is 0 Å². The van der Waals surface area contributed by atoms with E-state index in [4.69, 9.17) is 0 Å². The third-order valence-electron chi connectivity index (χ3n) is 6.95. The monoisotopic (exact) mass is 573 g/mol. The Labute approximate surface area is 241 Å². The van der Waals surface area contributed by atoms with Crippen LogP contribution in [0.4, 0.5) is 11.4 Å². The molecule has 0 radical (unpaired) electrons. The first-order valence-electron chi connectivity index (χ1n) is 13.4. The Bertz CT molecular complexity index is 1450. The van der Waals surface area contributed by atoms with Crippen LogP contribution in [-0.4, -0.2) is 63.2 Å². The number of phenols is 1. The Morgan fingerprint density at radius 2 is 1.64 bits per heavy atom. The van der Waals surface area contributed by atoms with E-state index in [1.54, 1.807) is 49.4 Å². The summed E-state index contributed by atoms with van der Waals surface area (Å²) in [6.45, 7) is 1.88. The summed E-state index contributed by atoms with van der Waals surface area (Å²) in [4.78, 5) is 64.4. The zero-order valence-electron chi connectivity index (χ0n) is 22.9. The van der Waals surface area contributed by atoms with Gasteiger partial charge in [0.2, 0.25) is 17.7 Å². The Kier molecular flexibility index (Phi) is 9.48. The molecular weight excluding hydrogens is 542 g/mol. The molecule has 42 heavy (non-hydrogen) atoms. The standard InChI is InChI=1S/C30H31N5O7/c1-19(31-27(37)21-6-3-2-4-7-21)30(40)34-17-5-8-26(34)29(39)33-25(18-20-9-15-24(36)16-10-20)28(38)32-22-11-13-23(14-12-22)35(41)42/h2-4,6-7,9-16,19,25-26,36H,5,8,17-18H2,1H3,(H,31,37)(H,32,38)(H,33,39)/t19-,25-,26-/m0/s1. The summed E-state index contributed by atoms with van der Waals surface area (Å²) in [6.07, 6.45) is 1.03. The van der Waals surface area contributed by atoms with E-state index in [1.165, 1.54) is 41.3 Å². The van der Waals surface area contributed by atoms with E-state index in [9.17, 15) is 34.4 Å². The van der Waals surface area contributed by atoms with Crippen LogP contribution in [-0.2, 0) is 20.8 Å². The van der Waals surface area contributed by atoms with Crippen LogP contribution >= 0.6 is 0 Å². The van der Waals surface area contributed by atoms with E-state index in [-0.39, 0.29) is 17.9 Å². The molecule has 4 N–H and O–H groups in total. The van der Waals surface area contributed by atoms with E-state index in [0.717, 1.165) is 0 Å². The van der Waals surface area contributed by atoms with Gasteiger partial charge in [-0.3, -0.25) is 29.3 Å². The van der Waals surface area contributed by atoms with Gasteiger partial charge in [-0.2, -0.15) is 0 Å². The molecule has 1 heterocycles. The lowest BCUT2D eigenvalue weighted by atomic mass is 10.0. The van der Waals surface area contributed by atoms with Crippen molar-refractivity contribution in [3.05, 3.63) is 100 Å². The highest BCUT2D eigenvalue weighted by Gasteiger charge is 2.38. The van der Waals surface area contributed by atoms with Gasteiger partial charge in [0.15, 0.2) is 0 Å². The zero-order chi connectivity index (χ0) is 30.2. The molecule has 12 nitrogen and oxygen atoms in total. The zero-order valence-corrected chi connectivity index (χ0v) is 22.9. The first-order chi connectivity index (χ1) is 20.1. The van der Waals surface area contributed by atoms with Gasteiger partial charge in [0.05, 0.1) is 4.92 Å². The van der Waals surface area contributed by atoms with Crippen LogP contribution in [0, 0.1) is 10.1 Å². The smallest absolute Gasteiger partial charge is 0.269 e. The number of benzene rings is 3. The van der Waals surface area contributed by atoms with E-state index in [1.807, 2.05) is 0 Å². The first-order valence-corrected chi connectivity index (χ1v) is 13.4. The van der Waals surface area contributed by atoms with Gasteiger partial charge < -0.3 is 26.0 Å². The summed E-state index contributed by atoms with van der Waals surface area (Å²) in [6, 6.07) is 17.1. The van der Waals surface area contributed by atoms with Crippen LogP contribution in [0.25, 0.3) is 0 Å². The SMILES string of the molecule is C[C@H](NC(=O)c1ccccc1)C(=O)N1CCC[C@H]1C(=O)N[C@@H](Cc1ccc(O)cc1)C(=O)Nc1ccc([N+](=O)[O-])cc1. The van der Waals surface area contributed by atoms with Gasteiger partial charge in [-0.25, -0.2) is 0 Å². The van der Waals surface area contributed by atoms with E-state index < -0.39 is 46.7 Å². The molecular formula is C30H31N5O7. The Morgan fingerprint density at radius 3 is 2.29 bits per heavy atom. The van der Waals surface area contributed by atoms with Gasteiger partial charge in [-0.05, 0) is 61.7 Å². The molecule has 0 aromatic heterocycles. The van der Waals surface area contributed by atoms with Gasteiger partial charge in [-0.15, -0.1) is 0 Å². The number of nitrogens with zero attached hydrogens (tertiary/aromatic N) is 2. The summed E-state index contributed by atoms with van der Waals surface area (Å²) < 4.78 is 0. The predicted molar refractivity (Wildman–Crippen MR) is 154 cm³/mol. The number of aromatic hydroxyl groups is 1. The van der Waals surface area contributed by atoms with Crippen molar-refractivity contribution < 1.29 is 29.2 Å². The number of likely N-dealkylation sites (tertiary alicyclic amines) is 1. The molecule has 3 atom stereocenters. The Morgan fingerprint density at radius 1 is 0.976 bits per heavy atom. The van der Waals surface area contributed by atoms with Gasteiger partial charge in [0.25, 0.3) is 11.6 Å². The minimum absolute atomic E-state index is 0.0447. The van der Waals surface area contributed by atoms with Crippen molar-refractivity contribution in [2.75, 3.05) is 11.9 Å². The number of rotatable bonds is 10. The highest BCUT2D eigenvalue weighted by Crippen LogP contribution is 2.21. The summed E-state index contributed by atoms with van der Waals surface area (Å²) in [7, 11) is 0. The number of anilines is 1. The Balaban J connectivity index is 1.46. The highest BCUT2D eigenvalue weighted by molar-refractivity contribution is 6.00. The number of non-ortho nitro benzene ring substituents is 1. The van der Waals surface area contributed by atoms with Crippen LogP contribution in [0.2, 0.25) is 0 Å². The maximum Gasteiger partial charge on any atom is 0.269 e. The van der Waals surface area contributed by atoms with Gasteiger partial charge in [0.1, 0.15) is 23.9 Å². The molecule has 1 aliphatic rings. The molecule has 0 bridgehead atoms. The van der Waals surface area contributed by atoms with Crippen LogP contribution < -0.4 is 16.0 Å². The van der Waals surface area contributed by atoms with E-state index in [0.29, 0.717) is 36.2 Å². The first kappa shape index (κ1) is 29.7. The molecule has 1 aliphatic heterocycles. The number of phenolic OH excluding ortho intramolecular Hbond substituents is 1. The summed E-state index contributed by atoms with van der Waals surface area (Å²) >= 11 is 0. The van der Waals surface area contributed by atoms with E-state index >= 15 is 0 Å². The average Bonchev–Trinajstić information content (AvgIpc) is 3.48. The lowest BCUT2D eigenvalue weighted by Crippen LogP contribution is -2.55. The third kappa shape index (κ3) is 7.47. The average molecular weight is 574 g/mol. The van der Waals surface area contributed by atoms with Crippen molar-refractivity contribution in [2.24, 2.45) is 0 Å². The summed E-state index contributed by atoms with van der Waals surface area (Å²) in [5.41, 5.74) is 1.23. The molecule has 1 fully saturated rings. The number of nitro groups is 1. The van der Waals surface area contributed by atoms with Crippen molar-refractivity contribution in [3.8, 4) is 5.75 Å². The van der Waals surface area contributed by atoms with Gasteiger partial charge >= 0.3 is 0 Å². The number of hydrogen-bond acceptors (Lipinski definition) is 7. The number of carbonyl (C=O) groups is 4. The molecule has 3 aromatic carbocycles. The van der Waals surface area contributed by atoms with Crippen molar-refractivity contribution >= 4 is 35.0 Å². The number of hydrogen-bond donors (Lipinski definition) is 4. The molecule has 0 spiro atoms. The van der Waals surface area contributed by atoms with Crippen LogP contribution in [0.1, 0.15) is 35.7 Å². The maximum absolute atomic E-state index is 13.5. The molecule has 0 saturated carbocycles. The second-order valence-corrected chi connectivity index (χ2v) is 9.98. The lowest BCUT2D eigenvalue weighted by molar-refractivity contribution is -0.384. The van der Waals surface area contributed by atoms with Gasteiger partial charge in [-0.1, -0.05) is 30.3 Å². The lowest BCUT2D eigenvalue weighted by Gasteiger charge is -2.28. The molecule has 1 saturated heterocycles. The van der Waals surface area contributed by atoms with Crippen molar-refractivity contribution in [1.82, 2.24) is 15.5 Å². The maximum atomic E-state index is 13.5. The van der Waals surface area contributed by atoms with Crippen LogP contribution in [0.15, 0.2) is 78.9 Å². The topological polar surface area (TPSA) is 171 Å². The fourth-order valence-corrected chi connectivity index (χ4v) is 4.72. The molecule has 3 aromatic rings. The van der Waals surface area contributed by atoms with Crippen LogP contribution in [0.3, 0.4) is 0 Å². The van der Waals surface area contributed by atoms with Crippen molar-refractivity contribution in [2.45, 2.75) is 44.3 Å². The van der Waals surface area contributed by atoms with Gasteiger partial charge in [0, 0.05) is 36.3 Å². The molecule has 0 aliphatic carbocycles.